The number of Topliss-reactive ketones (excluding diaryl/α,β-unsaturated/α-hetero) is 2. The second-order valence-electron chi connectivity index (χ2n) is 31.7. The Kier molecular flexibility index (Phi) is 44.0. The molecule has 3 aromatic rings. The number of fused-ring (bicyclic) bond motifs is 9. The quantitative estimate of drug-likeness (QED) is 0.0114. The van der Waals surface area contributed by atoms with E-state index in [0.717, 1.165) is 57.1 Å². The summed E-state index contributed by atoms with van der Waals surface area (Å²) in [6, 6.07) is 18.0. The van der Waals surface area contributed by atoms with Gasteiger partial charge in [0, 0.05) is 148 Å². The van der Waals surface area contributed by atoms with Gasteiger partial charge in [-0.2, -0.15) is 0 Å². The Morgan fingerprint density at radius 1 is 0.508 bits per heavy atom. The highest BCUT2D eigenvalue weighted by Gasteiger charge is 2.52. The lowest BCUT2D eigenvalue weighted by Crippen LogP contribution is -2.22. The molecule has 28 heteroatoms. The largest absolute Gasteiger partial charge is 0.489 e. The minimum Gasteiger partial charge on any atom is -0.489 e. The highest BCUT2D eigenvalue weighted by atomic mass is 31.2. The number of ketones is 2. The lowest BCUT2D eigenvalue weighted by Gasteiger charge is -2.19. The summed E-state index contributed by atoms with van der Waals surface area (Å²) in [5, 5.41) is 123. The van der Waals surface area contributed by atoms with E-state index < -0.39 is 88.2 Å². The number of methoxy groups -OCH3 is 1. The first-order valence-corrected chi connectivity index (χ1v) is 45.7. The Morgan fingerprint density at radius 3 is 1.20 bits per heavy atom. The summed E-state index contributed by atoms with van der Waals surface area (Å²) in [5.74, 6) is 21.9. The molecule has 0 radical (unpaired) electrons. The van der Waals surface area contributed by atoms with Crippen molar-refractivity contribution in [1.82, 2.24) is 0 Å². The third-order valence-corrected chi connectivity index (χ3v) is 26.3. The highest BCUT2D eigenvalue weighted by molar-refractivity contribution is 7.64. The van der Waals surface area contributed by atoms with Crippen LogP contribution >= 0.6 is 14.3 Å². The van der Waals surface area contributed by atoms with Crippen molar-refractivity contribution in [2.45, 2.75) is 250 Å². The van der Waals surface area contributed by atoms with Crippen LogP contribution in [0.15, 0.2) is 91.1 Å². The van der Waals surface area contributed by atoms with E-state index in [4.69, 9.17) is 54.7 Å². The Bertz CT molecular complexity index is 4090. The lowest BCUT2D eigenvalue weighted by molar-refractivity contribution is -0.144. The number of hydrogen-bond acceptors (Lipinski definition) is 24. The molecule has 3 saturated carbocycles. The van der Waals surface area contributed by atoms with Crippen LogP contribution in [0.4, 0.5) is 0 Å². The summed E-state index contributed by atoms with van der Waals surface area (Å²) in [7, 11) is -4.82. The number of aliphatic hydroxyl groups excluding tert-OH is 11. The minimum atomic E-state index is -3.11. The average molecular weight is 1710 g/mol. The third-order valence-electron chi connectivity index (χ3n) is 22.5. The Labute approximate surface area is 706 Å². The van der Waals surface area contributed by atoms with E-state index >= 15 is 0 Å². The summed E-state index contributed by atoms with van der Waals surface area (Å²) in [4.78, 5) is 66.2. The number of hydrogen-bond donors (Lipinski definition) is 13. The van der Waals surface area contributed by atoms with Crippen LogP contribution in [0.1, 0.15) is 203 Å². The predicted molar refractivity (Wildman–Crippen MR) is 454 cm³/mol. The third kappa shape index (κ3) is 31.0. The number of aliphatic hydroxyl groups is 11. The fourth-order valence-electron chi connectivity index (χ4n) is 15.4. The number of aryl methyl sites for hydroxylation is 3. The molecule has 3 aromatic carbocycles. The number of para-hydroxylation sites is 3. The molecule has 3 heterocycles. The van der Waals surface area contributed by atoms with Gasteiger partial charge in [0.2, 0.25) is 0 Å². The molecule has 26 nitrogen and oxygen atoms in total. The molecule has 120 heavy (non-hydrogen) atoms. The summed E-state index contributed by atoms with van der Waals surface area (Å²) in [6.45, 7) is 15.6. The van der Waals surface area contributed by atoms with Gasteiger partial charge in [0.05, 0.1) is 81.4 Å². The zero-order valence-electron chi connectivity index (χ0n) is 70.7. The fourth-order valence-corrected chi connectivity index (χ4v) is 17.8. The molecule has 0 spiro atoms. The molecular formula is C92H126O26P2. The van der Waals surface area contributed by atoms with E-state index in [1.54, 1.807) is 65.8 Å². The van der Waals surface area contributed by atoms with Crippen LogP contribution in [-0.4, -0.2) is 214 Å². The van der Waals surface area contributed by atoms with Crippen molar-refractivity contribution < 1.29 is 128 Å². The van der Waals surface area contributed by atoms with E-state index in [-0.39, 0.29) is 139 Å². The molecule has 0 unspecified atom stereocenters. The molecule has 0 bridgehead atoms. The number of esters is 2. The maximum absolute atomic E-state index is 11.6. The number of ether oxygens (including phenoxy) is 5. The van der Waals surface area contributed by atoms with Gasteiger partial charge in [-0.3, -0.25) is 28.8 Å². The van der Waals surface area contributed by atoms with Gasteiger partial charge in [0.25, 0.3) is 0 Å². The Hall–Kier alpha value is -8.24. The minimum absolute atomic E-state index is 0.0287. The number of rotatable bonds is 34. The zero-order chi connectivity index (χ0) is 89.0. The van der Waals surface area contributed by atoms with E-state index in [9.17, 15) is 68.5 Å². The first kappa shape index (κ1) is 102. The smallest absolute Gasteiger partial charge is 0.305 e. The number of benzene rings is 3. The van der Waals surface area contributed by atoms with Gasteiger partial charge in [0.15, 0.2) is 0 Å². The van der Waals surface area contributed by atoms with Crippen molar-refractivity contribution in [1.29, 1.82) is 0 Å². The second-order valence-corrected chi connectivity index (χ2v) is 37.7. The van der Waals surface area contributed by atoms with Crippen molar-refractivity contribution in [3.05, 3.63) is 124 Å². The van der Waals surface area contributed by atoms with Crippen molar-refractivity contribution in [3.63, 3.8) is 0 Å². The van der Waals surface area contributed by atoms with E-state index in [0.29, 0.717) is 89.9 Å². The van der Waals surface area contributed by atoms with E-state index in [1.807, 2.05) is 80.6 Å². The summed E-state index contributed by atoms with van der Waals surface area (Å²) in [5.41, 5.74) is 6.38. The Balaban J connectivity index is 0.000000265. The number of aliphatic carboxylic acids is 2. The first-order chi connectivity index (χ1) is 57.1. The molecule has 7 aliphatic rings. The summed E-state index contributed by atoms with van der Waals surface area (Å²) < 4.78 is 51.1. The molecular weight excluding hydrogens is 1580 g/mol. The maximum Gasteiger partial charge on any atom is 0.305 e. The maximum atomic E-state index is 11.6. The second kappa shape index (κ2) is 51.6. The number of carboxylic acid groups (broad SMARTS) is 2. The van der Waals surface area contributed by atoms with Gasteiger partial charge in [0.1, 0.15) is 67.5 Å². The van der Waals surface area contributed by atoms with Gasteiger partial charge in [-0.1, -0.05) is 113 Å². The molecule has 0 aromatic heterocycles. The van der Waals surface area contributed by atoms with Crippen LogP contribution in [-0.2, 0) is 66.6 Å². The molecule has 20 atom stereocenters. The fraction of sp³-hybridized carbons (Fsp3) is 0.587. The van der Waals surface area contributed by atoms with Crippen LogP contribution < -0.4 is 14.2 Å². The molecule has 3 fully saturated rings. The van der Waals surface area contributed by atoms with E-state index in [1.165, 1.54) is 14.0 Å². The average Bonchev–Trinajstić information content (AvgIpc) is 1.61. The molecule has 660 valence electrons. The normalized spacial score (nSPS) is 24.0. The molecule has 0 saturated heterocycles. The number of carbonyl (C=O) groups excluding carboxylic acids is 4. The Morgan fingerprint density at radius 2 is 0.867 bits per heavy atom. The molecule has 10 rings (SSSR count). The lowest BCUT2D eigenvalue weighted by atomic mass is 9.86. The number of carbonyl (C=O) groups is 6. The number of carboxylic acids is 2. The standard InChI is InChI=1S/2C24H30O5.C17H22O5.2C10H17O4P.C7H10O3/c2*1-3-4-7-15(2)19(25)13-12-17-20(26)14-21-23(17)18-10-5-8-16(24(18)29-21)9-6-11-22(27)28;1-21-15(20)7-3-5-10-4-2-6-11-16-12(9-18)13(19)8-14(16)22-17(10)11;2*1-3-4-5-9(2)10(13)6-15(14,7-11)8-12;1-5(8)10-7-3-2-6(9)4-7/h2*5,8,10,12-13,15,17,19-21,23,25-26H,6-7,9,11,14H2,1-2H3,(H,27,28);2,4,6,12-14,16,18-19H,3,5,7-9H2,1H3;2*9,11-12H,5-8H2,1-2H3;2-3,6-7,9H,4H2,1H3/b2*13-12+;;;;/t15-,17+,19-,20-,21+,23+;15-,17-,19+,20+,21-,23-;12-,13+,14-,16+;2*9-;6-,7-/m011101/s1. The van der Waals surface area contributed by atoms with Crippen LogP contribution in [0, 0.1) is 88.8 Å². The highest BCUT2D eigenvalue weighted by Crippen LogP contribution is 2.55. The molecule has 3 aliphatic heterocycles. The SMILES string of the molecule is CC#CC[C@@H](C)C(=O)CP(=O)(CO)CO.CC#CC[C@@H](C)[C@@H](O)/C=C/[C@H]1[C@@H]2c3cccc(CCCC(=O)O)c3O[C@@H]2C[C@@H]1O.CC#CC[C@H](C)C(=O)CP(=O)(CO)CO.CC#CC[C@H](C)[C@@H](O)/C=C/[C@H]1[C@@H]2c3cccc(CCCC(=O)O)c3O[C@@H]2C[C@@H]1O.CC(=O)O[C@@H]1C=C[C@@H](O)C1.COC(=O)CCCc1cccc2c1O[C@@H]1C[C@H](O)[C@@H](CO)[C@H]21. The topological polar surface area (TPSA) is 446 Å². The first-order valence-electron chi connectivity index (χ1n) is 41.1. The zero-order valence-corrected chi connectivity index (χ0v) is 72.5. The van der Waals surface area contributed by atoms with Crippen LogP contribution in [0.25, 0.3) is 0 Å². The molecule has 0 amide bonds. The summed E-state index contributed by atoms with van der Waals surface area (Å²) >= 11 is 0. The van der Waals surface area contributed by atoms with E-state index in [2.05, 4.69) is 52.1 Å². The monoisotopic (exact) mass is 1710 g/mol. The van der Waals surface area contributed by atoms with Crippen molar-refractivity contribution in [2.24, 2.45) is 41.4 Å². The molecule has 4 aliphatic carbocycles. The summed E-state index contributed by atoms with van der Waals surface area (Å²) in [6.07, 6.45) is 13.0. The van der Waals surface area contributed by atoms with Crippen LogP contribution in [0.3, 0.4) is 0 Å². The van der Waals surface area contributed by atoms with Gasteiger partial charge in [-0.05, 0) is 101 Å². The van der Waals surface area contributed by atoms with Crippen molar-refractivity contribution >= 4 is 49.7 Å². The van der Waals surface area contributed by atoms with Crippen molar-refractivity contribution in [3.8, 4) is 64.6 Å². The van der Waals surface area contributed by atoms with Gasteiger partial charge in [-0.25, -0.2) is 0 Å². The van der Waals surface area contributed by atoms with Gasteiger partial charge >= 0.3 is 23.9 Å². The van der Waals surface area contributed by atoms with Crippen LogP contribution in [0.5, 0.6) is 17.2 Å². The van der Waals surface area contributed by atoms with Gasteiger partial charge < -0.3 is 99.2 Å². The van der Waals surface area contributed by atoms with Crippen LogP contribution in [0.2, 0.25) is 0 Å². The van der Waals surface area contributed by atoms with Crippen molar-refractivity contribution in [2.75, 3.05) is 51.4 Å². The molecule has 13 N–H and O–H groups in total. The van der Waals surface area contributed by atoms with Gasteiger partial charge in [-0.15, -0.1) is 47.4 Å². The predicted octanol–water partition coefficient (Wildman–Crippen LogP) is 9.95.